The highest BCUT2D eigenvalue weighted by atomic mass is 16.6. The third-order valence-corrected chi connectivity index (χ3v) is 4.26. The van der Waals surface area contributed by atoms with E-state index in [0.29, 0.717) is 19.1 Å². The van der Waals surface area contributed by atoms with Crippen molar-refractivity contribution in [2.24, 2.45) is 0 Å². The Bertz CT molecular complexity index is 501. The largest absolute Gasteiger partial charge is 0.450 e. The van der Waals surface area contributed by atoms with Crippen molar-refractivity contribution in [2.75, 3.05) is 19.7 Å². The van der Waals surface area contributed by atoms with Crippen LogP contribution in [0.4, 0.5) is 4.79 Å². The van der Waals surface area contributed by atoms with Crippen LogP contribution in [0, 0.1) is 6.92 Å². The molecule has 102 valence electrons. The minimum absolute atomic E-state index is 0.185. The Labute approximate surface area is 113 Å². The molecule has 1 saturated heterocycles. The number of hydrogen-bond acceptors (Lipinski definition) is 3. The predicted octanol–water partition coefficient (Wildman–Crippen LogP) is 2.02. The monoisotopic (exact) mass is 260 g/mol. The van der Waals surface area contributed by atoms with Crippen molar-refractivity contribution in [3.8, 4) is 0 Å². The van der Waals surface area contributed by atoms with Gasteiger partial charge in [0.2, 0.25) is 0 Å². The van der Waals surface area contributed by atoms with Crippen molar-refractivity contribution in [1.29, 1.82) is 0 Å². The van der Waals surface area contributed by atoms with Gasteiger partial charge in [-0.2, -0.15) is 0 Å². The molecule has 2 unspecified atom stereocenters. The van der Waals surface area contributed by atoms with E-state index in [1.54, 1.807) is 0 Å². The van der Waals surface area contributed by atoms with Crippen molar-refractivity contribution < 1.29 is 9.53 Å². The summed E-state index contributed by atoms with van der Waals surface area (Å²) >= 11 is 0. The molecule has 1 amide bonds. The fourth-order valence-electron chi connectivity index (χ4n) is 3.29. The number of aryl methyl sites for hydroxylation is 1. The molecule has 3 rings (SSSR count). The summed E-state index contributed by atoms with van der Waals surface area (Å²) in [6.45, 7) is 6.87. The Hall–Kier alpha value is -1.55. The molecule has 0 saturated carbocycles. The lowest BCUT2D eigenvalue weighted by molar-refractivity contribution is 0.0824. The maximum Gasteiger partial charge on any atom is 0.410 e. The molecule has 19 heavy (non-hydrogen) atoms. The van der Waals surface area contributed by atoms with E-state index in [4.69, 9.17) is 4.74 Å². The lowest BCUT2D eigenvalue weighted by atomic mass is 9.84. The van der Waals surface area contributed by atoms with E-state index in [2.05, 4.69) is 30.4 Å². The van der Waals surface area contributed by atoms with Crippen LogP contribution in [0.3, 0.4) is 0 Å². The van der Waals surface area contributed by atoms with Crippen molar-refractivity contribution in [3.63, 3.8) is 0 Å². The van der Waals surface area contributed by atoms with E-state index in [9.17, 15) is 4.79 Å². The second kappa shape index (κ2) is 4.85. The first-order valence-electron chi connectivity index (χ1n) is 6.95. The molecular weight excluding hydrogens is 240 g/mol. The molecule has 2 atom stereocenters. The standard InChI is InChI=1S/C15H20N2O2/c1-3-19-15(18)17-9-13-10(2)5-4-6-11(13)12-7-16-8-14(12)17/h4-6,12,14,16H,3,7-9H2,1-2H3. The van der Waals surface area contributed by atoms with Crippen LogP contribution in [-0.4, -0.2) is 36.7 Å². The summed E-state index contributed by atoms with van der Waals surface area (Å²) in [6.07, 6.45) is -0.185. The quantitative estimate of drug-likeness (QED) is 0.840. The van der Waals surface area contributed by atoms with Crippen LogP contribution >= 0.6 is 0 Å². The zero-order valence-electron chi connectivity index (χ0n) is 11.5. The van der Waals surface area contributed by atoms with E-state index in [0.717, 1.165) is 13.1 Å². The van der Waals surface area contributed by atoms with Crippen molar-refractivity contribution in [2.45, 2.75) is 32.4 Å². The second-order valence-electron chi connectivity index (χ2n) is 5.30. The topological polar surface area (TPSA) is 41.6 Å². The highest BCUT2D eigenvalue weighted by Gasteiger charge is 2.41. The van der Waals surface area contributed by atoms with Crippen LogP contribution in [0.25, 0.3) is 0 Å². The second-order valence-corrected chi connectivity index (χ2v) is 5.30. The zero-order valence-corrected chi connectivity index (χ0v) is 11.5. The van der Waals surface area contributed by atoms with Gasteiger partial charge in [0.05, 0.1) is 12.6 Å². The third-order valence-electron chi connectivity index (χ3n) is 4.26. The van der Waals surface area contributed by atoms with Gasteiger partial charge in [-0.05, 0) is 30.5 Å². The van der Waals surface area contributed by atoms with Crippen LogP contribution in [0.2, 0.25) is 0 Å². The van der Waals surface area contributed by atoms with Gasteiger partial charge < -0.3 is 10.1 Å². The predicted molar refractivity (Wildman–Crippen MR) is 73.1 cm³/mol. The normalized spacial score (nSPS) is 24.8. The number of carbonyl (C=O) groups is 1. The Morgan fingerprint density at radius 2 is 2.32 bits per heavy atom. The summed E-state index contributed by atoms with van der Waals surface area (Å²) in [5.74, 6) is 0.396. The first-order valence-corrected chi connectivity index (χ1v) is 6.95. The van der Waals surface area contributed by atoms with E-state index < -0.39 is 0 Å². The molecular formula is C15H20N2O2. The Morgan fingerprint density at radius 1 is 1.47 bits per heavy atom. The van der Waals surface area contributed by atoms with Crippen LogP contribution in [0.15, 0.2) is 18.2 Å². The van der Waals surface area contributed by atoms with Crippen molar-refractivity contribution >= 4 is 6.09 Å². The number of nitrogens with zero attached hydrogens (tertiary/aromatic N) is 1. The third kappa shape index (κ3) is 2.00. The minimum Gasteiger partial charge on any atom is -0.450 e. The number of hydrogen-bond donors (Lipinski definition) is 1. The van der Waals surface area contributed by atoms with Gasteiger partial charge in [-0.1, -0.05) is 18.2 Å². The number of carbonyl (C=O) groups excluding carboxylic acids is 1. The highest BCUT2D eigenvalue weighted by molar-refractivity contribution is 5.69. The molecule has 1 fully saturated rings. The van der Waals surface area contributed by atoms with Crippen LogP contribution in [0.1, 0.15) is 29.5 Å². The SMILES string of the molecule is CCOC(=O)N1Cc2c(C)cccc2C2CNCC21. The van der Waals surface area contributed by atoms with Crippen LogP contribution < -0.4 is 5.32 Å². The molecule has 0 aliphatic carbocycles. The van der Waals surface area contributed by atoms with E-state index >= 15 is 0 Å². The number of fused-ring (bicyclic) bond motifs is 3. The van der Waals surface area contributed by atoms with Gasteiger partial charge >= 0.3 is 6.09 Å². The summed E-state index contributed by atoms with van der Waals surface area (Å²) in [5, 5.41) is 3.40. The molecule has 2 heterocycles. The fraction of sp³-hybridized carbons (Fsp3) is 0.533. The van der Waals surface area contributed by atoms with Gasteiger partial charge in [-0.25, -0.2) is 4.79 Å². The molecule has 2 aliphatic rings. The van der Waals surface area contributed by atoms with Gasteiger partial charge in [0.25, 0.3) is 0 Å². The molecule has 0 aromatic heterocycles. The Kier molecular flexibility index (Phi) is 3.19. The van der Waals surface area contributed by atoms with Crippen LogP contribution in [-0.2, 0) is 11.3 Å². The zero-order chi connectivity index (χ0) is 13.4. The maximum atomic E-state index is 12.1. The van der Waals surface area contributed by atoms with Crippen molar-refractivity contribution in [1.82, 2.24) is 10.2 Å². The summed E-state index contributed by atoms with van der Waals surface area (Å²) in [4.78, 5) is 14.0. The van der Waals surface area contributed by atoms with Gasteiger partial charge in [0.1, 0.15) is 0 Å². The molecule has 2 aliphatic heterocycles. The van der Waals surface area contributed by atoms with Gasteiger partial charge in [-0.15, -0.1) is 0 Å². The van der Waals surface area contributed by atoms with Crippen molar-refractivity contribution in [3.05, 3.63) is 34.9 Å². The van der Waals surface area contributed by atoms with E-state index in [1.807, 2.05) is 11.8 Å². The molecule has 1 aromatic carbocycles. The molecule has 1 aromatic rings. The average Bonchev–Trinajstić information content (AvgIpc) is 2.88. The van der Waals surface area contributed by atoms with Gasteiger partial charge in [0, 0.05) is 25.6 Å². The molecule has 0 radical (unpaired) electrons. The molecule has 4 nitrogen and oxygen atoms in total. The minimum atomic E-state index is -0.185. The summed E-state index contributed by atoms with van der Waals surface area (Å²) in [6, 6.07) is 6.66. The number of nitrogens with one attached hydrogen (secondary N) is 1. The van der Waals surface area contributed by atoms with Crippen LogP contribution in [0.5, 0.6) is 0 Å². The van der Waals surface area contributed by atoms with Gasteiger partial charge in [0.15, 0.2) is 0 Å². The number of amides is 1. The maximum absolute atomic E-state index is 12.1. The molecule has 4 heteroatoms. The Morgan fingerprint density at radius 3 is 3.11 bits per heavy atom. The number of ether oxygens (including phenoxy) is 1. The molecule has 0 spiro atoms. The lowest BCUT2D eigenvalue weighted by Crippen LogP contribution is -2.47. The van der Waals surface area contributed by atoms with E-state index in [1.165, 1.54) is 16.7 Å². The molecule has 1 N–H and O–H groups in total. The number of benzene rings is 1. The first kappa shape index (κ1) is 12.5. The first-order chi connectivity index (χ1) is 9.22. The average molecular weight is 260 g/mol. The van der Waals surface area contributed by atoms with Gasteiger partial charge in [-0.3, -0.25) is 4.90 Å². The Balaban J connectivity index is 1.98. The van der Waals surface area contributed by atoms with E-state index in [-0.39, 0.29) is 12.1 Å². The number of rotatable bonds is 1. The molecule has 0 bridgehead atoms. The summed E-state index contributed by atoms with van der Waals surface area (Å²) in [7, 11) is 0. The summed E-state index contributed by atoms with van der Waals surface area (Å²) in [5.41, 5.74) is 3.95. The summed E-state index contributed by atoms with van der Waals surface area (Å²) < 4.78 is 5.20. The highest BCUT2D eigenvalue weighted by Crippen LogP contribution is 2.37. The fourth-order valence-corrected chi connectivity index (χ4v) is 3.29. The smallest absolute Gasteiger partial charge is 0.410 e. The lowest BCUT2D eigenvalue weighted by Gasteiger charge is -2.38.